The molecule has 1 N–H and O–H groups in total. The Morgan fingerprint density at radius 1 is 1.53 bits per heavy atom. The molecule has 1 atom stereocenters. The van der Waals surface area contributed by atoms with Gasteiger partial charge in [-0.1, -0.05) is 19.1 Å². The number of ether oxygens (including phenoxy) is 1. The first kappa shape index (κ1) is 11.6. The topological polar surface area (TPSA) is 46.5 Å². The van der Waals surface area contributed by atoms with Crippen LogP contribution in [0.15, 0.2) is 24.3 Å². The minimum atomic E-state index is -0.760. The van der Waals surface area contributed by atoms with E-state index in [1.54, 1.807) is 7.11 Å². The first-order valence-electron chi connectivity index (χ1n) is 5.03. The van der Waals surface area contributed by atoms with E-state index in [9.17, 15) is 4.79 Å². The molecule has 0 saturated heterocycles. The zero-order valence-electron chi connectivity index (χ0n) is 9.06. The third-order valence-corrected chi connectivity index (χ3v) is 2.48. The van der Waals surface area contributed by atoms with Gasteiger partial charge in [0.1, 0.15) is 5.75 Å². The van der Waals surface area contributed by atoms with Crippen molar-refractivity contribution in [1.29, 1.82) is 0 Å². The molecule has 0 spiro atoms. The van der Waals surface area contributed by atoms with Crippen LogP contribution in [0.5, 0.6) is 5.75 Å². The van der Waals surface area contributed by atoms with Crippen molar-refractivity contribution < 1.29 is 14.6 Å². The molecule has 0 aromatic heterocycles. The number of hydrogen-bond donors (Lipinski definition) is 1. The lowest BCUT2D eigenvalue weighted by Crippen LogP contribution is -2.05. The van der Waals surface area contributed by atoms with Crippen molar-refractivity contribution >= 4 is 5.97 Å². The van der Waals surface area contributed by atoms with Gasteiger partial charge in [0.2, 0.25) is 0 Å². The van der Waals surface area contributed by atoms with E-state index in [0.29, 0.717) is 0 Å². The van der Waals surface area contributed by atoms with Crippen molar-refractivity contribution in [2.45, 2.75) is 25.7 Å². The molecule has 1 aromatic carbocycles. The quantitative estimate of drug-likeness (QED) is 0.809. The molecule has 82 valence electrons. The summed E-state index contributed by atoms with van der Waals surface area (Å²) in [6, 6.07) is 7.59. The van der Waals surface area contributed by atoms with Crippen LogP contribution in [0.4, 0.5) is 0 Å². The summed E-state index contributed by atoms with van der Waals surface area (Å²) in [6.45, 7) is 1.99. The van der Waals surface area contributed by atoms with Gasteiger partial charge in [-0.2, -0.15) is 0 Å². The van der Waals surface area contributed by atoms with Gasteiger partial charge in [0.05, 0.1) is 13.5 Å². The average Bonchev–Trinajstić information content (AvgIpc) is 2.25. The van der Waals surface area contributed by atoms with Crippen molar-refractivity contribution in [2.24, 2.45) is 0 Å². The molecule has 0 radical (unpaired) electrons. The minimum absolute atomic E-state index is 0.0672. The molecule has 0 amide bonds. The molecule has 3 nitrogen and oxygen atoms in total. The average molecular weight is 208 g/mol. The molecule has 0 aliphatic rings. The molecule has 0 bridgehead atoms. The fraction of sp³-hybridized carbons (Fsp3) is 0.417. The summed E-state index contributed by atoms with van der Waals surface area (Å²) in [4.78, 5) is 10.7. The molecule has 0 aliphatic carbocycles. The Hall–Kier alpha value is -1.51. The fourth-order valence-corrected chi connectivity index (χ4v) is 1.60. The van der Waals surface area contributed by atoms with Gasteiger partial charge in [0, 0.05) is 0 Å². The molecule has 3 heteroatoms. The maximum Gasteiger partial charge on any atom is 0.303 e. The molecule has 1 aromatic rings. The van der Waals surface area contributed by atoms with Crippen LogP contribution in [0.1, 0.15) is 31.2 Å². The van der Waals surface area contributed by atoms with Crippen LogP contribution in [0.2, 0.25) is 0 Å². The third-order valence-electron chi connectivity index (χ3n) is 2.48. The van der Waals surface area contributed by atoms with Gasteiger partial charge in [-0.05, 0) is 30.0 Å². The molecule has 0 heterocycles. The third kappa shape index (κ3) is 3.27. The first-order valence-corrected chi connectivity index (χ1v) is 5.03. The predicted molar refractivity (Wildman–Crippen MR) is 58.3 cm³/mol. The monoisotopic (exact) mass is 208 g/mol. The normalized spacial score (nSPS) is 12.1. The standard InChI is InChI=1S/C12H16O3/c1-3-9(8-12(13)14)10-5-4-6-11(7-10)15-2/h4-7,9H,3,8H2,1-2H3,(H,13,14). The Kier molecular flexibility index (Phi) is 4.16. The van der Waals surface area contributed by atoms with E-state index in [1.165, 1.54) is 0 Å². The summed E-state index contributed by atoms with van der Waals surface area (Å²) < 4.78 is 5.11. The Bertz CT molecular complexity index is 333. The van der Waals surface area contributed by atoms with Gasteiger partial charge in [-0.3, -0.25) is 4.79 Å². The smallest absolute Gasteiger partial charge is 0.303 e. The van der Waals surface area contributed by atoms with E-state index in [0.717, 1.165) is 17.7 Å². The second-order valence-corrected chi connectivity index (χ2v) is 3.48. The van der Waals surface area contributed by atoms with Crippen LogP contribution in [-0.4, -0.2) is 18.2 Å². The highest BCUT2D eigenvalue weighted by Gasteiger charge is 2.13. The van der Waals surface area contributed by atoms with Gasteiger partial charge >= 0.3 is 5.97 Å². The Labute approximate surface area is 89.7 Å². The van der Waals surface area contributed by atoms with E-state index in [1.807, 2.05) is 31.2 Å². The largest absolute Gasteiger partial charge is 0.497 e. The lowest BCUT2D eigenvalue weighted by Gasteiger charge is -2.13. The number of methoxy groups -OCH3 is 1. The minimum Gasteiger partial charge on any atom is -0.497 e. The van der Waals surface area contributed by atoms with Crippen LogP contribution < -0.4 is 4.74 Å². The first-order chi connectivity index (χ1) is 7.17. The van der Waals surface area contributed by atoms with E-state index in [4.69, 9.17) is 9.84 Å². The lowest BCUT2D eigenvalue weighted by atomic mass is 9.93. The van der Waals surface area contributed by atoms with Crippen molar-refractivity contribution in [3.05, 3.63) is 29.8 Å². The fourth-order valence-electron chi connectivity index (χ4n) is 1.60. The van der Waals surface area contributed by atoms with Gasteiger partial charge in [0.15, 0.2) is 0 Å². The number of hydrogen-bond acceptors (Lipinski definition) is 2. The van der Waals surface area contributed by atoms with Gasteiger partial charge in [-0.25, -0.2) is 0 Å². The number of benzene rings is 1. The highest BCUT2D eigenvalue weighted by Crippen LogP contribution is 2.26. The van der Waals surface area contributed by atoms with E-state index in [2.05, 4.69) is 0 Å². The zero-order valence-corrected chi connectivity index (χ0v) is 9.06. The van der Waals surface area contributed by atoms with Crippen LogP contribution in [-0.2, 0) is 4.79 Å². The molecular formula is C12H16O3. The zero-order chi connectivity index (χ0) is 11.3. The second-order valence-electron chi connectivity index (χ2n) is 3.48. The second kappa shape index (κ2) is 5.39. The summed E-state index contributed by atoms with van der Waals surface area (Å²) in [7, 11) is 1.61. The maximum atomic E-state index is 10.7. The highest BCUT2D eigenvalue weighted by atomic mass is 16.5. The molecule has 0 saturated carbocycles. The van der Waals surface area contributed by atoms with E-state index < -0.39 is 5.97 Å². The summed E-state index contributed by atoms with van der Waals surface area (Å²) in [5.41, 5.74) is 1.03. The summed E-state index contributed by atoms with van der Waals surface area (Å²) in [5, 5.41) is 8.77. The number of carbonyl (C=O) groups is 1. The van der Waals surface area contributed by atoms with Crippen molar-refractivity contribution in [2.75, 3.05) is 7.11 Å². The van der Waals surface area contributed by atoms with Gasteiger partial charge in [0.25, 0.3) is 0 Å². The maximum absolute atomic E-state index is 10.7. The SMILES string of the molecule is CCC(CC(=O)O)c1cccc(OC)c1. The molecule has 0 fully saturated rings. The van der Waals surface area contributed by atoms with Crippen molar-refractivity contribution in [3.8, 4) is 5.75 Å². The van der Waals surface area contributed by atoms with Crippen LogP contribution in [0.25, 0.3) is 0 Å². The molecule has 0 aliphatic heterocycles. The van der Waals surface area contributed by atoms with E-state index in [-0.39, 0.29) is 12.3 Å². The summed E-state index contributed by atoms with van der Waals surface area (Å²) in [6.07, 6.45) is 0.989. The van der Waals surface area contributed by atoms with Gasteiger partial charge in [-0.15, -0.1) is 0 Å². The Balaban J connectivity index is 2.85. The number of aliphatic carboxylic acids is 1. The molecule has 1 unspecified atom stereocenters. The van der Waals surface area contributed by atoms with Crippen LogP contribution >= 0.6 is 0 Å². The van der Waals surface area contributed by atoms with Crippen molar-refractivity contribution in [3.63, 3.8) is 0 Å². The van der Waals surface area contributed by atoms with Crippen LogP contribution in [0, 0.1) is 0 Å². The Morgan fingerprint density at radius 3 is 2.80 bits per heavy atom. The lowest BCUT2D eigenvalue weighted by molar-refractivity contribution is -0.137. The van der Waals surface area contributed by atoms with Crippen LogP contribution in [0.3, 0.4) is 0 Å². The predicted octanol–water partition coefficient (Wildman–Crippen LogP) is 2.66. The number of carboxylic acid groups (broad SMARTS) is 1. The molecule has 1 rings (SSSR count). The molecular weight excluding hydrogens is 192 g/mol. The Morgan fingerprint density at radius 2 is 2.27 bits per heavy atom. The van der Waals surface area contributed by atoms with Crippen molar-refractivity contribution in [1.82, 2.24) is 0 Å². The number of rotatable bonds is 5. The van der Waals surface area contributed by atoms with E-state index >= 15 is 0 Å². The summed E-state index contributed by atoms with van der Waals surface area (Å²) >= 11 is 0. The highest BCUT2D eigenvalue weighted by molar-refractivity contribution is 5.68. The molecule has 15 heavy (non-hydrogen) atoms. The number of carboxylic acids is 1. The van der Waals surface area contributed by atoms with Gasteiger partial charge < -0.3 is 9.84 Å². The summed E-state index contributed by atoms with van der Waals surface area (Å²) in [5.74, 6) is 0.0820.